The predicted octanol–water partition coefficient (Wildman–Crippen LogP) is 3.53. The van der Waals surface area contributed by atoms with E-state index in [1.165, 1.54) is 0 Å². The Hall–Kier alpha value is -2.80. The average molecular weight is 249 g/mol. The number of nitriles is 1. The topological polar surface area (TPSA) is 65.6 Å². The van der Waals surface area contributed by atoms with Crippen LogP contribution < -0.4 is 0 Å². The first-order valence-corrected chi connectivity index (χ1v) is 5.89. The fourth-order valence-corrected chi connectivity index (χ4v) is 1.91. The summed E-state index contributed by atoms with van der Waals surface area (Å²) < 4.78 is 5.44. The number of aromatic amines is 1. The molecule has 0 aliphatic rings. The first-order chi connectivity index (χ1) is 9.26. The van der Waals surface area contributed by atoms with Crippen LogP contribution in [-0.2, 0) is 0 Å². The molecule has 2 aromatic heterocycles. The molecule has 0 aliphatic heterocycles. The Bertz CT molecular complexity index is 769. The summed E-state index contributed by atoms with van der Waals surface area (Å²) in [5.41, 5.74) is 2.20. The van der Waals surface area contributed by atoms with Crippen molar-refractivity contribution in [1.82, 2.24) is 9.97 Å². The first-order valence-electron chi connectivity index (χ1n) is 5.89. The maximum atomic E-state index is 9.25. The molecule has 0 saturated heterocycles. The number of aromatic nitrogens is 2. The number of imidazole rings is 1. The Kier molecular flexibility index (Phi) is 2.66. The highest BCUT2D eigenvalue weighted by Crippen LogP contribution is 2.19. The average Bonchev–Trinajstić information content (AvgIpc) is 3.01. The van der Waals surface area contributed by atoms with Crippen LogP contribution in [0.5, 0.6) is 0 Å². The molecule has 0 bridgehead atoms. The summed E-state index contributed by atoms with van der Waals surface area (Å²) in [6.45, 7) is 1.87. The molecule has 19 heavy (non-hydrogen) atoms. The molecule has 0 spiro atoms. The van der Waals surface area contributed by atoms with Crippen LogP contribution in [-0.4, -0.2) is 9.97 Å². The number of hydrogen-bond donors (Lipinski definition) is 1. The van der Waals surface area contributed by atoms with E-state index in [0.29, 0.717) is 17.2 Å². The number of benzene rings is 1. The van der Waals surface area contributed by atoms with Crippen molar-refractivity contribution < 1.29 is 4.42 Å². The van der Waals surface area contributed by atoms with E-state index in [2.05, 4.69) is 16.0 Å². The molecule has 4 heteroatoms. The van der Waals surface area contributed by atoms with Gasteiger partial charge in [0.2, 0.25) is 0 Å². The van der Waals surface area contributed by atoms with Crippen LogP contribution >= 0.6 is 0 Å². The number of nitrogens with zero attached hydrogens (tertiary/aromatic N) is 2. The summed E-state index contributed by atoms with van der Waals surface area (Å²) in [7, 11) is 0. The van der Waals surface area contributed by atoms with Gasteiger partial charge in [-0.15, -0.1) is 0 Å². The Morgan fingerprint density at radius 2 is 2.16 bits per heavy atom. The lowest BCUT2D eigenvalue weighted by atomic mass is 10.2. The molecule has 3 rings (SSSR count). The van der Waals surface area contributed by atoms with Crippen LogP contribution in [0.1, 0.15) is 17.3 Å². The van der Waals surface area contributed by atoms with Gasteiger partial charge in [0.15, 0.2) is 0 Å². The fraction of sp³-hybridized carbons (Fsp3) is 0.0667. The highest BCUT2D eigenvalue weighted by Gasteiger charge is 2.08. The molecule has 4 nitrogen and oxygen atoms in total. The van der Waals surface area contributed by atoms with Gasteiger partial charge in [-0.1, -0.05) is 12.1 Å². The minimum absolute atomic E-state index is 0.450. The highest BCUT2D eigenvalue weighted by atomic mass is 16.3. The number of H-pyrrole nitrogens is 1. The van der Waals surface area contributed by atoms with Crippen LogP contribution in [0.4, 0.5) is 0 Å². The lowest BCUT2D eigenvalue weighted by Gasteiger charge is -1.91. The van der Waals surface area contributed by atoms with Crippen molar-refractivity contribution in [3.63, 3.8) is 0 Å². The Balaban J connectivity index is 2.07. The number of hydrogen-bond acceptors (Lipinski definition) is 3. The van der Waals surface area contributed by atoms with Crippen LogP contribution in [0.3, 0.4) is 0 Å². The summed E-state index contributed by atoms with van der Waals surface area (Å²) in [6, 6.07) is 13.5. The van der Waals surface area contributed by atoms with Crippen molar-refractivity contribution in [2.45, 2.75) is 6.92 Å². The van der Waals surface area contributed by atoms with Gasteiger partial charge in [0, 0.05) is 6.08 Å². The normalized spacial score (nSPS) is 11.7. The molecular formula is C15H11N3O. The molecule has 0 fully saturated rings. The van der Waals surface area contributed by atoms with E-state index >= 15 is 0 Å². The van der Waals surface area contributed by atoms with E-state index in [1.807, 2.05) is 43.3 Å². The molecule has 2 heterocycles. The predicted molar refractivity (Wildman–Crippen MR) is 73.0 cm³/mol. The van der Waals surface area contributed by atoms with Gasteiger partial charge in [-0.3, -0.25) is 0 Å². The second-order valence-corrected chi connectivity index (χ2v) is 4.22. The number of aryl methyl sites for hydroxylation is 1. The maximum Gasteiger partial charge on any atom is 0.149 e. The van der Waals surface area contributed by atoms with E-state index in [0.717, 1.165) is 16.8 Å². The van der Waals surface area contributed by atoms with Crippen molar-refractivity contribution in [3.05, 3.63) is 53.7 Å². The van der Waals surface area contributed by atoms with Gasteiger partial charge in [0.05, 0.1) is 16.6 Å². The zero-order valence-electron chi connectivity index (χ0n) is 10.3. The SMILES string of the molecule is Cc1ccc(C=C(C#N)c2nc3ccccc3[nH]2)o1. The van der Waals surface area contributed by atoms with E-state index in [-0.39, 0.29) is 0 Å². The van der Waals surface area contributed by atoms with E-state index in [4.69, 9.17) is 4.42 Å². The molecule has 0 amide bonds. The van der Waals surface area contributed by atoms with E-state index in [1.54, 1.807) is 6.08 Å². The summed E-state index contributed by atoms with van der Waals surface area (Å²) in [5.74, 6) is 2.01. The zero-order chi connectivity index (χ0) is 13.2. The van der Waals surface area contributed by atoms with Gasteiger partial charge < -0.3 is 9.40 Å². The minimum Gasteiger partial charge on any atom is -0.462 e. The third-order valence-corrected chi connectivity index (χ3v) is 2.81. The third kappa shape index (κ3) is 2.14. The third-order valence-electron chi connectivity index (χ3n) is 2.81. The fourth-order valence-electron chi connectivity index (χ4n) is 1.91. The molecule has 0 unspecified atom stereocenters. The Morgan fingerprint density at radius 1 is 1.32 bits per heavy atom. The standard InChI is InChI=1S/C15H11N3O/c1-10-6-7-12(19-10)8-11(9-16)15-17-13-4-2-3-5-14(13)18-15/h2-8H,1H3,(H,17,18). The van der Waals surface area contributed by atoms with E-state index < -0.39 is 0 Å². The minimum atomic E-state index is 0.450. The summed E-state index contributed by atoms with van der Waals surface area (Å²) >= 11 is 0. The van der Waals surface area contributed by atoms with Crippen molar-refractivity contribution >= 4 is 22.7 Å². The molecule has 0 radical (unpaired) electrons. The van der Waals surface area contributed by atoms with Crippen molar-refractivity contribution in [1.29, 1.82) is 5.26 Å². The maximum absolute atomic E-state index is 9.25. The largest absolute Gasteiger partial charge is 0.462 e. The first kappa shape index (κ1) is 11.3. The van der Waals surface area contributed by atoms with Gasteiger partial charge in [0.25, 0.3) is 0 Å². The summed E-state index contributed by atoms with van der Waals surface area (Å²) in [4.78, 5) is 7.53. The smallest absolute Gasteiger partial charge is 0.149 e. The van der Waals surface area contributed by atoms with Gasteiger partial charge in [-0.25, -0.2) is 4.98 Å². The molecule has 92 valence electrons. The quantitative estimate of drug-likeness (QED) is 0.706. The number of nitrogens with one attached hydrogen (secondary N) is 1. The highest BCUT2D eigenvalue weighted by molar-refractivity contribution is 5.89. The molecule has 0 saturated carbocycles. The van der Waals surface area contributed by atoms with Crippen LogP contribution in [0, 0.1) is 18.3 Å². The Morgan fingerprint density at radius 3 is 2.84 bits per heavy atom. The molecule has 1 aromatic carbocycles. The van der Waals surface area contributed by atoms with Gasteiger partial charge >= 0.3 is 0 Å². The lowest BCUT2D eigenvalue weighted by Crippen LogP contribution is -1.84. The van der Waals surface area contributed by atoms with Crippen LogP contribution in [0.2, 0.25) is 0 Å². The molecule has 0 atom stereocenters. The van der Waals surface area contributed by atoms with Gasteiger partial charge in [0.1, 0.15) is 23.4 Å². The van der Waals surface area contributed by atoms with Crippen LogP contribution in [0.15, 0.2) is 40.8 Å². The van der Waals surface area contributed by atoms with Crippen molar-refractivity contribution in [3.8, 4) is 6.07 Å². The number of fused-ring (bicyclic) bond motifs is 1. The molecule has 3 aromatic rings. The summed E-state index contributed by atoms with van der Waals surface area (Å²) in [5, 5.41) is 9.25. The monoisotopic (exact) mass is 249 g/mol. The van der Waals surface area contributed by atoms with Gasteiger partial charge in [-0.2, -0.15) is 5.26 Å². The van der Waals surface area contributed by atoms with E-state index in [9.17, 15) is 5.26 Å². The number of furan rings is 1. The molecular weight excluding hydrogens is 238 g/mol. The van der Waals surface area contributed by atoms with Crippen molar-refractivity contribution in [2.24, 2.45) is 0 Å². The Labute approximate surface area is 110 Å². The number of para-hydroxylation sites is 2. The lowest BCUT2D eigenvalue weighted by molar-refractivity contribution is 0.525. The molecule has 1 N–H and O–H groups in total. The number of allylic oxidation sites excluding steroid dienone is 1. The number of rotatable bonds is 2. The van der Waals surface area contributed by atoms with Gasteiger partial charge in [-0.05, 0) is 31.2 Å². The van der Waals surface area contributed by atoms with Crippen molar-refractivity contribution in [2.75, 3.05) is 0 Å². The summed E-state index contributed by atoms with van der Waals surface area (Å²) in [6.07, 6.45) is 1.69. The molecule has 0 aliphatic carbocycles. The zero-order valence-corrected chi connectivity index (χ0v) is 10.3. The second kappa shape index (κ2) is 4.46. The second-order valence-electron chi connectivity index (χ2n) is 4.22. The van der Waals surface area contributed by atoms with Crippen LogP contribution in [0.25, 0.3) is 22.7 Å².